The maximum atomic E-state index is 12.0. The molecule has 3 N–H and O–H groups in total. The van der Waals surface area contributed by atoms with Crippen molar-refractivity contribution in [3.8, 4) is 0 Å². The van der Waals surface area contributed by atoms with Gasteiger partial charge in [0.25, 0.3) is 0 Å². The largest absolute Gasteiger partial charge is 0.480 e. The van der Waals surface area contributed by atoms with E-state index in [1.54, 1.807) is 7.11 Å². The molecule has 1 aliphatic heterocycles. The first kappa shape index (κ1) is 15.7. The standard InChI is InChI=1S/C12H22N2O5/c1-7-4-5-14(6-9(7)19-3)12(18)13-10(8(2)15)11(16)17/h7-10,15H,4-6H2,1-3H3,(H,13,18)(H,16,17)/t7?,8-,9?,10+/m1/s1. The second kappa shape index (κ2) is 6.72. The molecule has 19 heavy (non-hydrogen) atoms. The maximum Gasteiger partial charge on any atom is 0.328 e. The van der Waals surface area contributed by atoms with E-state index in [4.69, 9.17) is 9.84 Å². The number of nitrogens with zero attached hydrogens (tertiary/aromatic N) is 1. The number of methoxy groups -OCH3 is 1. The van der Waals surface area contributed by atoms with Crippen LogP contribution < -0.4 is 5.32 Å². The van der Waals surface area contributed by atoms with Gasteiger partial charge in [0.15, 0.2) is 6.04 Å². The summed E-state index contributed by atoms with van der Waals surface area (Å²) in [6.45, 7) is 4.36. The molecular formula is C12H22N2O5. The number of piperidine rings is 1. The number of likely N-dealkylation sites (tertiary alicyclic amines) is 1. The summed E-state index contributed by atoms with van der Waals surface area (Å²) in [6.07, 6.45) is -0.393. The first-order valence-corrected chi connectivity index (χ1v) is 6.36. The Hall–Kier alpha value is -1.34. The van der Waals surface area contributed by atoms with E-state index in [9.17, 15) is 14.7 Å². The highest BCUT2D eigenvalue weighted by molar-refractivity contribution is 5.83. The van der Waals surface area contributed by atoms with Crippen molar-refractivity contribution in [3.63, 3.8) is 0 Å². The predicted octanol–water partition coefficient (Wildman–Crippen LogP) is -0.113. The summed E-state index contributed by atoms with van der Waals surface area (Å²) in [5.41, 5.74) is 0. The van der Waals surface area contributed by atoms with Gasteiger partial charge in [0, 0.05) is 20.2 Å². The summed E-state index contributed by atoms with van der Waals surface area (Å²) in [5, 5.41) is 20.6. The minimum Gasteiger partial charge on any atom is -0.480 e. The number of ether oxygens (including phenoxy) is 1. The van der Waals surface area contributed by atoms with Gasteiger partial charge in [0.1, 0.15) is 0 Å². The van der Waals surface area contributed by atoms with Crippen LogP contribution in [0.5, 0.6) is 0 Å². The van der Waals surface area contributed by atoms with Crippen LogP contribution in [0.15, 0.2) is 0 Å². The van der Waals surface area contributed by atoms with E-state index in [2.05, 4.69) is 12.2 Å². The van der Waals surface area contributed by atoms with Crippen molar-refractivity contribution in [1.82, 2.24) is 10.2 Å². The highest BCUT2D eigenvalue weighted by Crippen LogP contribution is 2.19. The molecule has 0 aromatic heterocycles. The van der Waals surface area contributed by atoms with Crippen molar-refractivity contribution >= 4 is 12.0 Å². The van der Waals surface area contributed by atoms with E-state index in [-0.39, 0.29) is 6.10 Å². The number of hydrogen-bond donors (Lipinski definition) is 3. The molecule has 1 saturated heterocycles. The average Bonchev–Trinajstić information content (AvgIpc) is 2.35. The third kappa shape index (κ3) is 4.07. The highest BCUT2D eigenvalue weighted by Gasteiger charge is 2.32. The molecule has 7 nitrogen and oxygen atoms in total. The molecule has 0 radical (unpaired) electrons. The van der Waals surface area contributed by atoms with E-state index in [1.165, 1.54) is 11.8 Å². The van der Waals surface area contributed by atoms with Crippen LogP contribution in [0.1, 0.15) is 20.3 Å². The topological polar surface area (TPSA) is 99.1 Å². The van der Waals surface area contributed by atoms with E-state index in [0.717, 1.165) is 6.42 Å². The molecule has 0 aromatic carbocycles. The minimum absolute atomic E-state index is 0.0469. The van der Waals surface area contributed by atoms with Crippen molar-refractivity contribution in [2.24, 2.45) is 5.92 Å². The number of aliphatic hydroxyl groups is 1. The second-order valence-corrected chi connectivity index (χ2v) is 4.99. The monoisotopic (exact) mass is 274 g/mol. The number of carboxylic acids is 1. The zero-order valence-electron chi connectivity index (χ0n) is 11.5. The molecule has 4 atom stereocenters. The molecule has 0 bridgehead atoms. The van der Waals surface area contributed by atoms with E-state index >= 15 is 0 Å². The SMILES string of the molecule is COC1CN(C(=O)N[C@H](C(=O)O)[C@@H](C)O)CCC1C. The molecule has 0 spiro atoms. The lowest BCUT2D eigenvalue weighted by atomic mass is 9.96. The lowest BCUT2D eigenvalue weighted by molar-refractivity contribution is -0.141. The molecule has 0 aliphatic carbocycles. The fraction of sp³-hybridized carbons (Fsp3) is 0.833. The second-order valence-electron chi connectivity index (χ2n) is 4.99. The van der Waals surface area contributed by atoms with Crippen molar-refractivity contribution < 1.29 is 24.5 Å². The third-order valence-corrected chi connectivity index (χ3v) is 3.51. The van der Waals surface area contributed by atoms with E-state index < -0.39 is 24.1 Å². The van der Waals surface area contributed by atoms with E-state index in [0.29, 0.717) is 19.0 Å². The smallest absolute Gasteiger partial charge is 0.328 e. The van der Waals surface area contributed by atoms with Gasteiger partial charge in [0.2, 0.25) is 0 Å². The predicted molar refractivity (Wildman–Crippen MR) is 67.8 cm³/mol. The number of nitrogens with one attached hydrogen (secondary N) is 1. The Bertz CT molecular complexity index is 334. The van der Waals surface area contributed by atoms with Gasteiger partial charge in [-0.3, -0.25) is 0 Å². The van der Waals surface area contributed by atoms with Gasteiger partial charge >= 0.3 is 12.0 Å². The van der Waals surface area contributed by atoms with Gasteiger partial charge in [-0.2, -0.15) is 0 Å². The normalized spacial score (nSPS) is 26.6. The van der Waals surface area contributed by atoms with Crippen LogP contribution in [0.3, 0.4) is 0 Å². The molecule has 1 fully saturated rings. The van der Waals surface area contributed by atoms with Crippen molar-refractivity contribution in [3.05, 3.63) is 0 Å². The molecule has 0 aromatic rings. The number of hydrogen-bond acceptors (Lipinski definition) is 4. The minimum atomic E-state index is -1.30. The number of urea groups is 1. The van der Waals surface area contributed by atoms with Crippen LogP contribution in [0.4, 0.5) is 4.79 Å². The number of rotatable bonds is 4. The summed E-state index contributed by atoms with van der Waals surface area (Å²) in [6, 6.07) is -1.78. The summed E-state index contributed by atoms with van der Waals surface area (Å²) in [5.74, 6) is -0.891. The fourth-order valence-corrected chi connectivity index (χ4v) is 2.14. The lowest BCUT2D eigenvalue weighted by Crippen LogP contribution is -2.56. The first-order valence-electron chi connectivity index (χ1n) is 6.36. The van der Waals surface area contributed by atoms with Gasteiger partial charge in [-0.25, -0.2) is 9.59 Å². The average molecular weight is 274 g/mol. The van der Waals surface area contributed by atoms with Crippen LogP contribution in [0.25, 0.3) is 0 Å². The van der Waals surface area contributed by atoms with Gasteiger partial charge in [-0.05, 0) is 19.3 Å². The molecule has 1 heterocycles. The quantitative estimate of drug-likeness (QED) is 0.664. The molecule has 2 unspecified atom stereocenters. The molecule has 0 saturated carbocycles. The fourth-order valence-electron chi connectivity index (χ4n) is 2.14. The Morgan fingerprint density at radius 1 is 1.47 bits per heavy atom. The number of aliphatic carboxylic acids is 1. The van der Waals surface area contributed by atoms with Crippen molar-refractivity contribution in [2.75, 3.05) is 20.2 Å². The molecule has 1 rings (SSSR count). The molecule has 110 valence electrons. The van der Waals surface area contributed by atoms with Crippen LogP contribution in [-0.2, 0) is 9.53 Å². The number of carbonyl (C=O) groups is 2. The number of aliphatic hydroxyl groups excluding tert-OH is 1. The van der Waals surface area contributed by atoms with Crippen LogP contribution in [0.2, 0.25) is 0 Å². The van der Waals surface area contributed by atoms with Crippen LogP contribution in [-0.4, -0.2) is 65.6 Å². The summed E-state index contributed by atoms with van der Waals surface area (Å²) in [7, 11) is 1.60. The summed E-state index contributed by atoms with van der Waals surface area (Å²) < 4.78 is 5.30. The Kier molecular flexibility index (Phi) is 5.56. The van der Waals surface area contributed by atoms with Gasteiger partial charge in [0.05, 0.1) is 12.2 Å². The molecule has 1 aliphatic rings. The Morgan fingerprint density at radius 2 is 2.11 bits per heavy atom. The Morgan fingerprint density at radius 3 is 2.58 bits per heavy atom. The summed E-state index contributed by atoms with van der Waals surface area (Å²) >= 11 is 0. The number of amides is 2. The van der Waals surface area contributed by atoms with E-state index in [1.807, 2.05) is 0 Å². The van der Waals surface area contributed by atoms with Gasteiger partial charge in [-0.1, -0.05) is 6.92 Å². The third-order valence-electron chi connectivity index (χ3n) is 3.51. The van der Waals surface area contributed by atoms with Crippen LogP contribution >= 0.6 is 0 Å². The van der Waals surface area contributed by atoms with Gasteiger partial charge < -0.3 is 25.2 Å². The Labute approximate surface area is 112 Å². The van der Waals surface area contributed by atoms with Crippen molar-refractivity contribution in [1.29, 1.82) is 0 Å². The maximum absolute atomic E-state index is 12.0. The zero-order valence-corrected chi connectivity index (χ0v) is 11.5. The van der Waals surface area contributed by atoms with Crippen molar-refractivity contribution in [2.45, 2.75) is 38.5 Å². The van der Waals surface area contributed by atoms with Crippen LogP contribution in [0, 0.1) is 5.92 Å². The molecule has 7 heteroatoms. The molecule has 2 amide bonds. The zero-order chi connectivity index (χ0) is 14.6. The van der Waals surface area contributed by atoms with Gasteiger partial charge in [-0.15, -0.1) is 0 Å². The summed E-state index contributed by atoms with van der Waals surface area (Å²) in [4.78, 5) is 24.4. The first-order chi connectivity index (χ1) is 8.86. The number of carboxylic acid groups (broad SMARTS) is 1. The Balaban J connectivity index is 2.60. The number of carbonyl (C=O) groups excluding carboxylic acids is 1. The lowest BCUT2D eigenvalue weighted by Gasteiger charge is -2.36. The highest BCUT2D eigenvalue weighted by atomic mass is 16.5. The molecular weight excluding hydrogens is 252 g/mol.